The van der Waals surface area contributed by atoms with Crippen LogP contribution in [0.25, 0.3) is 10.2 Å². The number of anilines is 1. The SMILES string of the molecule is CS(=O)(=O)c1cccc(C(=O)N(Cc2ccccn2)c2nc3ccc(F)cc3s2)c1. The Bertz CT molecular complexity index is 1340. The van der Waals surface area contributed by atoms with Gasteiger partial charge in [0.05, 0.1) is 27.4 Å². The molecule has 0 aliphatic heterocycles. The molecule has 2 aromatic heterocycles. The third-order valence-electron chi connectivity index (χ3n) is 4.37. The maximum Gasteiger partial charge on any atom is 0.260 e. The van der Waals surface area contributed by atoms with E-state index in [0.717, 1.165) is 6.26 Å². The Balaban J connectivity index is 1.79. The average Bonchev–Trinajstić information content (AvgIpc) is 3.14. The van der Waals surface area contributed by atoms with Crippen molar-refractivity contribution >= 4 is 42.4 Å². The first-order valence-electron chi connectivity index (χ1n) is 8.89. The first kappa shape index (κ1) is 20.1. The van der Waals surface area contributed by atoms with Gasteiger partial charge in [-0.15, -0.1) is 0 Å². The second-order valence-corrected chi connectivity index (χ2v) is 9.65. The van der Waals surface area contributed by atoms with Crippen molar-refractivity contribution in [1.29, 1.82) is 0 Å². The minimum absolute atomic E-state index is 0.0532. The number of fused-ring (bicyclic) bond motifs is 1. The molecule has 0 N–H and O–H groups in total. The summed E-state index contributed by atoms with van der Waals surface area (Å²) in [5.74, 6) is -0.813. The van der Waals surface area contributed by atoms with E-state index in [0.29, 0.717) is 21.0 Å². The molecule has 2 aromatic carbocycles. The van der Waals surface area contributed by atoms with E-state index in [9.17, 15) is 17.6 Å². The molecule has 1 amide bonds. The summed E-state index contributed by atoms with van der Waals surface area (Å²) in [5, 5.41) is 0.371. The van der Waals surface area contributed by atoms with Gasteiger partial charge in [0, 0.05) is 18.0 Å². The van der Waals surface area contributed by atoms with Gasteiger partial charge in [-0.25, -0.2) is 17.8 Å². The van der Waals surface area contributed by atoms with Crippen LogP contribution < -0.4 is 4.90 Å². The Hall–Kier alpha value is -3.17. The van der Waals surface area contributed by atoms with Crippen molar-refractivity contribution in [3.05, 3.63) is 83.9 Å². The Morgan fingerprint density at radius 2 is 1.93 bits per heavy atom. The summed E-state index contributed by atoms with van der Waals surface area (Å²) in [6.07, 6.45) is 2.71. The van der Waals surface area contributed by atoms with Crippen molar-refractivity contribution in [2.45, 2.75) is 11.4 Å². The van der Waals surface area contributed by atoms with Gasteiger partial charge in [-0.05, 0) is 48.5 Å². The van der Waals surface area contributed by atoms with Gasteiger partial charge in [-0.2, -0.15) is 0 Å². The largest absolute Gasteiger partial charge is 0.278 e. The van der Waals surface area contributed by atoms with Gasteiger partial charge in [-0.1, -0.05) is 23.5 Å². The molecule has 0 fully saturated rings. The molecule has 0 aliphatic rings. The Morgan fingerprint density at radius 3 is 2.67 bits per heavy atom. The summed E-state index contributed by atoms with van der Waals surface area (Å²) in [6.45, 7) is 0.130. The van der Waals surface area contributed by atoms with Crippen LogP contribution in [0.15, 0.2) is 71.8 Å². The normalized spacial score (nSPS) is 11.5. The lowest BCUT2D eigenvalue weighted by atomic mass is 10.2. The molecular weight excluding hydrogens is 425 g/mol. The number of halogens is 1. The van der Waals surface area contributed by atoms with E-state index in [-0.39, 0.29) is 22.8 Å². The van der Waals surface area contributed by atoms with Crippen LogP contribution in [0.2, 0.25) is 0 Å². The van der Waals surface area contributed by atoms with Crippen LogP contribution >= 0.6 is 11.3 Å². The zero-order chi connectivity index (χ0) is 21.3. The summed E-state index contributed by atoms with van der Waals surface area (Å²) >= 11 is 1.18. The number of hydrogen-bond donors (Lipinski definition) is 0. The number of hydrogen-bond acceptors (Lipinski definition) is 6. The summed E-state index contributed by atoms with van der Waals surface area (Å²) in [7, 11) is -3.47. The zero-order valence-electron chi connectivity index (χ0n) is 15.8. The van der Waals surface area contributed by atoms with Gasteiger partial charge >= 0.3 is 0 Å². The molecule has 0 spiro atoms. The molecule has 152 valence electrons. The number of nitrogens with zero attached hydrogens (tertiary/aromatic N) is 3. The van der Waals surface area contributed by atoms with E-state index in [1.165, 1.54) is 46.6 Å². The topological polar surface area (TPSA) is 80.2 Å². The Kier molecular flexibility index (Phi) is 5.31. The quantitative estimate of drug-likeness (QED) is 0.466. The number of rotatable bonds is 5. The highest BCUT2D eigenvalue weighted by Crippen LogP contribution is 2.31. The Labute approximate surface area is 176 Å². The molecule has 30 heavy (non-hydrogen) atoms. The van der Waals surface area contributed by atoms with E-state index in [1.807, 2.05) is 6.07 Å². The number of sulfone groups is 1. The van der Waals surface area contributed by atoms with Crippen molar-refractivity contribution in [2.24, 2.45) is 0 Å². The highest BCUT2D eigenvalue weighted by molar-refractivity contribution is 7.90. The van der Waals surface area contributed by atoms with Crippen molar-refractivity contribution in [3.8, 4) is 0 Å². The van der Waals surface area contributed by atoms with Crippen LogP contribution in [0.1, 0.15) is 16.1 Å². The van der Waals surface area contributed by atoms with Crippen molar-refractivity contribution < 1.29 is 17.6 Å². The summed E-state index contributed by atoms with van der Waals surface area (Å²) in [6, 6.07) is 15.4. The maximum absolute atomic E-state index is 13.6. The van der Waals surface area contributed by atoms with E-state index in [4.69, 9.17) is 0 Å². The third kappa shape index (κ3) is 4.22. The third-order valence-corrected chi connectivity index (χ3v) is 6.52. The zero-order valence-corrected chi connectivity index (χ0v) is 17.5. The van der Waals surface area contributed by atoms with Gasteiger partial charge in [0.15, 0.2) is 15.0 Å². The smallest absolute Gasteiger partial charge is 0.260 e. The predicted molar refractivity (Wildman–Crippen MR) is 114 cm³/mol. The van der Waals surface area contributed by atoms with Crippen LogP contribution in [0.3, 0.4) is 0 Å². The molecule has 4 rings (SSSR count). The molecule has 0 aliphatic carbocycles. The standard InChI is InChI=1S/C21H16FN3O3S2/c1-30(27,28)17-7-4-5-14(11-17)20(26)25(13-16-6-2-3-10-23-16)21-24-18-9-8-15(22)12-19(18)29-21/h2-12H,13H2,1H3. The molecular formula is C21H16FN3O3S2. The number of thiazole rings is 1. The van der Waals surface area contributed by atoms with Gasteiger partial charge in [-0.3, -0.25) is 14.7 Å². The highest BCUT2D eigenvalue weighted by atomic mass is 32.2. The monoisotopic (exact) mass is 441 g/mol. The first-order chi connectivity index (χ1) is 14.3. The lowest BCUT2D eigenvalue weighted by Crippen LogP contribution is -2.30. The second-order valence-electron chi connectivity index (χ2n) is 6.62. The Morgan fingerprint density at radius 1 is 1.10 bits per heavy atom. The van der Waals surface area contributed by atoms with Crippen LogP contribution in [-0.2, 0) is 16.4 Å². The predicted octanol–water partition coefficient (Wildman–Crippen LogP) is 4.08. The second kappa shape index (κ2) is 7.92. The molecule has 0 saturated heterocycles. The summed E-state index contributed by atoms with van der Waals surface area (Å²) < 4.78 is 38.0. The van der Waals surface area contributed by atoms with Crippen LogP contribution in [-0.4, -0.2) is 30.5 Å². The number of amides is 1. The van der Waals surface area contributed by atoms with Gasteiger partial charge in [0.25, 0.3) is 5.91 Å². The number of pyridine rings is 1. The van der Waals surface area contributed by atoms with Crippen LogP contribution in [0.5, 0.6) is 0 Å². The number of benzene rings is 2. The molecule has 6 nitrogen and oxygen atoms in total. The van der Waals surface area contributed by atoms with Crippen LogP contribution in [0.4, 0.5) is 9.52 Å². The number of aromatic nitrogens is 2. The maximum atomic E-state index is 13.6. The van der Waals surface area contributed by atoms with Crippen molar-refractivity contribution in [1.82, 2.24) is 9.97 Å². The van der Waals surface area contributed by atoms with Gasteiger partial charge in [0.1, 0.15) is 5.82 Å². The van der Waals surface area contributed by atoms with E-state index >= 15 is 0 Å². The van der Waals surface area contributed by atoms with Gasteiger partial charge in [0.2, 0.25) is 0 Å². The molecule has 0 atom stereocenters. The lowest BCUT2D eigenvalue weighted by molar-refractivity contribution is 0.0984. The number of carbonyl (C=O) groups excluding carboxylic acids is 1. The lowest BCUT2D eigenvalue weighted by Gasteiger charge is -2.20. The molecule has 0 saturated carbocycles. The minimum atomic E-state index is -3.47. The molecule has 4 aromatic rings. The van der Waals surface area contributed by atoms with E-state index < -0.39 is 15.7 Å². The molecule has 0 bridgehead atoms. The average molecular weight is 442 g/mol. The van der Waals surface area contributed by atoms with E-state index in [1.54, 1.807) is 30.5 Å². The van der Waals surface area contributed by atoms with Crippen molar-refractivity contribution in [2.75, 3.05) is 11.2 Å². The highest BCUT2D eigenvalue weighted by Gasteiger charge is 2.23. The molecule has 2 heterocycles. The first-order valence-corrected chi connectivity index (χ1v) is 11.6. The summed E-state index contributed by atoms with van der Waals surface area (Å²) in [5.41, 5.74) is 1.41. The molecule has 0 radical (unpaired) electrons. The minimum Gasteiger partial charge on any atom is -0.278 e. The fourth-order valence-corrected chi connectivity index (χ4v) is 4.55. The molecule has 0 unspecified atom stereocenters. The number of carbonyl (C=O) groups is 1. The molecule has 9 heteroatoms. The van der Waals surface area contributed by atoms with Crippen LogP contribution in [0, 0.1) is 5.82 Å². The van der Waals surface area contributed by atoms with Crippen molar-refractivity contribution in [3.63, 3.8) is 0 Å². The fourth-order valence-electron chi connectivity index (χ4n) is 2.90. The van der Waals surface area contributed by atoms with Gasteiger partial charge < -0.3 is 0 Å². The van der Waals surface area contributed by atoms with E-state index in [2.05, 4.69) is 9.97 Å². The summed E-state index contributed by atoms with van der Waals surface area (Å²) in [4.78, 5) is 23.6. The fraction of sp³-hybridized carbons (Fsp3) is 0.0952.